The van der Waals surface area contributed by atoms with Crippen molar-refractivity contribution in [2.45, 2.75) is 11.8 Å². The van der Waals surface area contributed by atoms with E-state index in [0.717, 1.165) is 15.3 Å². The Balaban J connectivity index is 1.43. The molecule has 0 bridgehead atoms. The summed E-state index contributed by atoms with van der Waals surface area (Å²) >= 11 is 7.83. The number of piperazine rings is 1. The predicted octanol–water partition coefficient (Wildman–Crippen LogP) is 3.71. The van der Waals surface area contributed by atoms with Crippen molar-refractivity contribution >= 4 is 54.0 Å². The van der Waals surface area contributed by atoms with Crippen LogP contribution in [0.3, 0.4) is 0 Å². The summed E-state index contributed by atoms with van der Waals surface area (Å²) in [4.78, 5) is 21.6. The van der Waals surface area contributed by atoms with Crippen molar-refractivity contribution in [3.63, 3.8) is 0 Å². The van der Waals surface area contributed by atoms with E-state index in [2.05, 4.69) is 9.88 Å². The molecular formula is C20H20ClN3O3S2. The second kappa shape index (κ2) is 7.93. The number of carbonyl (C=O) groups is 1. The number of hydrogen-bond donors (Lipinski definition) is 0. The lowest BCUT2D eigenvalue weighted by molar-refractivity contribution is 0.0746. The van der Waals surface area contributed by atoms with E-state index in [-0.39, 0.29) is 16.6 Å². The van der Waals surface area contributed by atoms with Crippen LogP contribution in [-0.2, 0) is 9.84 Å². The lowest BCUT2D eigenvalue weighted by Gasteiger charge is -2.34. The summed E-state index contributed by atoms with van der Waals surface area (Å²) in [6.45, 7) is 4.14. The normalized spacial score (nSPS) is 15.1. The largest absolute Gasteiger partial charge is 0.345 e. The zero-order chi connectivity index (χ0) is 20.6. The summed E-state index contributed by atoms with van der Waals surface area (Å²) in [6, 6.07) is 12.0. The first-order valence-corrected chi connectivity index (χ1v) is 12.2. The average molecular weight is 450 g/mol. The third kappa shape index (κ3) is 3.97. The van der Waals surface area contributed by atoms with Crippen molar-refractivity contribution in [3.8, 4) is 0 Å². The van der Waals surface area contributed by atoms with Gasteiger partial charge in [0.2, 0.25) is 0 Å². The molecule has 0 spiro atoms. The number of halogens is 1. The van der Waals surface area contributed by atoms with E-state index in [4.69, 9.17) is 11.6 Å². The number of carbonyl (C=O) groups excluding carboxylic acids is 1. The Kier molecular flexibility index (Phi) is 5.50. The number of rotatable bonds is 4. The second-order valence-electron chi connectivity index (χ2n) is 6.79. The van der Waals surface area contributed by atoms with Gasteiger partial charge in [-0.2, -0.15) is 0 Å². The number of sulfone groups is 1. The molecule has 2 aromatic carbocycles. The Morgan fingerprint density at radius 2 is 1.79 bits per heavy atom. The van der Waals surface area contributed by atoms with Crippen LogP contribution in [0.4, 0.5) is 5.13 Å². The molecule has 1 saturated heterocycles. The SMILES string of the molecule is CCS(=O)(=O)c1ccc(C(=O)N2CCN(c3nc4c(Cl)cccc4s3)CC2)cc1. The smallest absolute Gasteiger partial charge is 0.253 e. The Morgan fingerprint density at radius 3 is 2.41 bits per heavy atom. The third-order valence-electron chi connectivity index (χ3n) is 5.04. The highest BCUT2D eigenvalue weighted by Gasteiger charge is 2.24. The molecule has 2 heterocycles. The second-order valence-corrected chi connectivity index (χ2v) is 10.5. The van der Waals surface area contributed by atoms with E-state index in [1.54, 1.807) is 35.3 Å². The van der Waals surface area contributed by atoms with Gasteiger partial charge in [0.15, 0.2) is 15.0 Å². The first-order chi connectivity index (χ1) is 13.9. The number of amides is 1. The molecule has 3 aromatic rings. The number of nitrogens with zero attached hydrogens (tertiary/aromatic N) is 3. The molecule has 1 amide bonds. The molecule has 0 radical (unpaired) electrons. The number of anilines is 1. The first-order valence-electron chi connectivity index (χ1n) is 9.31. The number of thiazole rings is 1. The number of para-hydroxylation sites is 1. The Hall–Kier alpha value is -2.16. The van der Waals surface area contributed by atoms with Crippen LogP contribution in [0, 0.1) is 0 Å². The van der Waals surface area contributed by atoms with Gasteiger partial charge in [-0.25, -0.2) is 13.4 Å². The van der Waals surface area contributed by atoms with Gasteiger partial charge in [-0.1, -0.05) is 35.9 Å². The first kappa shape index (κ1) is 20.1. The molecule has 1 aliphatic heterocycles. The molecule has 4 rings (SSSR count). The van der Waals surface area contributed by atoms with Crippen LogP contribution in [0.2, 0.25) is 5.02 Å². The molecule has 1 fully saturated rings. The van der Waals surface area contributed by atoms with E-state index in [9.17, 15) is 13.2 Å². The molecule has 1 aliphatic rings. The number of fused-ring (bicyclic) bond motifs is 1. The minimum atomic E-state index is -3.26. The van der Waals surface area contributed by atoms with E-state index < -0.39 is 9.84 Å². The summed E-state index contributed by atoms with van der Waals surface area (Å²) in [5.74, 6) is -0.0448. The van der Waals surface area contributed by atoms with Gasteiger partial charge >= 0.3 is 0 Å². The highest BCUT2D eigenvalue weighted by atomic mass is 35.5. The fraction of sp³-hybridized carbons (Fsp3) is 0.300. The van der Waals surface area contributed by atoms with Crippen molar-refractivity contribution in [2.75, 3.05) is 36.8 Å². The maximum absolute atomic E-state index is 12.8. The maximum Gasteiger partial charge on any atom is 0.253 e. The van der Waals surface area contributed by atoms with Gasteiger partial charge in [-0.05, 0) is 36.4 Å². The zero-order valence-corrected chi connectivity index (χ0v) is 18.2. The summed E-state index contributed by atoms with van der Waals surface area (Å²) in [5.41, 5.74) is 1.31. The predicted molar refractivity (Wildman–Crippen MR) is 117 cm³/mol. The summed E-state index contributed by atoms with van der Waals surface area (Å²) in [6.07, 6.45) is 0. The van der Waals surface area contributed by atoms with E-state index in [0.29, 0.717) is 36.8 Å². The number of aromatic nitrogens is 1. The highest BCUT2D eigenvalue weighted by molar-refractivity contribution is 7.91. The van der Waals surface area contributed by atoms with Crippen LogP contribution in [0.1, 0.15) is 17.3 Å². The van der Waals surface area contributed by atoms with Crippen molar-refractivity contribution in [1.29, 1.82) is 0 Å². The van der Waals surface area contributed by atoms with Crippen LogP contribution >= 0.6 is 22.9 Å². The van der Waals surface area contributed by atoms with Crippen LogP contribution < -0.4 is 4.90 Å². The molecule has 6 nitrogen and oxygen atoms in total. The Bertz CT molecular complexity index is 1150. The van der Waals surface area contributed by atoms with Crippen LogP contribution in [0.5, 0.6) is 0 Å². The molecule has 0 atom stereocenters. The van der Waals surface area contributed by atoms with Gasteiger partial charge in [0.05, 0.1) is 20.4 Å². The lowest BCUT2D eigenvalue weighted by atomic mass is 10.2. The highest BCUT2D eigenvalue weighted by Crippen LogP contribution is 2.33. The molecule has 152 valence electrons. The minimum Gasteiger partial charge on any atom is -0.345 e. The lowest BCUT2D eigenvalue weighted by Crippen LogP contribution is -2.48. The van der Waals surface area contributed by atoms with Crippen molar-refractivity contribution in [2.24, 2.45) is 0 Å². The summed E-state index contributed by atoms with van der Waals surface area (Å²) in [7, 11) is -3.26. The summed E-state index contributed by atoms with van der Waals surface area (Å²) in [5, 5.41) is 1.56. The molecular weight excluding hydrogens is 430 g/mol. The minimum absolute atomic E-state index is 0.0409. The Labute approximate surface area is 178 Å². The van der Waals surface area contributed by atoms with Gasteiger partial charge in [0, 0.05) is 31.7 Å². The van der Waals surface area contributed by atoms with Gasteiger partial charge in [0.25, 0.3) is 5.91 Å². The van der Waals surface area contributed by atoms with Gasteiger partial charge < -0.3 is 9.80 Å². The van der Waals surface area contributed by atoms with E-state index in [1.165, 1.54) is 12.1 Å². The van der Waals surface area contributed by atoms with E-state index in [1.807, 2.05) is 18.2 Å². The number of benzene rings is 2. The quantitative estimate of drug-likeness (QED) is 0.607. The maximum atomic E-state index is 12.8. The van der Waals surface area contributed by atoms with Gasteiger partial charge in [0.1, 0.15) is 5.52 Å². The van der Waals surface area contributed by atoms with Gasteiger partial charge in [-0.3, -0.25) is 4.79 Å². The molecule has 0 saturated carbocycles. The average Bonchev–Trinajstić information content (AvgIpc) is 3.19. The van der Waals surface area contributed by atoms with Crippen molar-refractivity contribution in [1.82, 2.24) is 9.88 Å². The zero-order valence-electron chi connectivity index (χ0n) is 15.8. The van der Waals surface area contributed by atoms with Crippen LogP contribution in [0.25, 0.3) is 10.2 Å². The molecule has 0 N–H and O–H groups in total. The Morgan fingerprint density at radius 1 is 1.10 bits per heavy atom. The monoisotopic (exact) mass is 449 g/mol. The fourth-order valence-corrected chi connectivity index (χ4v) is 5.49. The van der Waals surface area contributed by atoms with Crippen molar-refractivity contribution in [3.05, 3.63) is 53.1 Å². The molecule has 0 aliphatic carbocycles. The van der Waals surface area contributed by atoms with Crippen LogP contribution in [-0.4, -0.2) is 56.1 Å². The standard InChI is InChI=1S/C20H20ClN3O3S2/c1-2-29(26,27)15-8-6-14(7-9-15)19(25)23-10-12-24(13-11-23)20-22-18-16(21)4-3-5-17(18)28-20/h3-9H,2,10-13H2,1H3. The number of hydrogen-bond acceptors (Lipinski definition) is 6. The summed E-state index contributed by atoms with van der Waals surface area (Å²) < 4.78 is 24.9. The molecule has 29 heavy (non-hydrogen) atoms. The molecule has 1 aromatic heterocycles. The fourth-order valence-electron chi connectivity index (χ4n) is 3.29. The van der Waals surface area contributed by atoms with Gasteiger partial charge in [-0.15, -0.1) is 0 Å². The molecule has 9 heteroatoms. The molecule has 0 unspecified atom stereocenters. The van der Waals surface area contributed by atoms with Crippen molar-refractivity contribution < 1.29 is 13.2 Å². The third-order valence-corrected chi connectivity index (χ3v) is 8.17. The van der Waals surface area contributed by atoms with E-state index >= 15 is 0 Å². The topological polar surface area (TPSA) is 70.6 Å². The van der Waals surface area contributed by atoms with Crippen LogP contribution in [0.15, 0.2) is 47.4 Å².